The molecule has 90 valence electrons. The number of rotatable bonds is 1. The standard InChI is InChI=1S/C12H17N5/c1-8-3-4-10-15-11(12(13)17(10)6-8)9-5-14-7-16(9)2/h5,7-8H,3-4,6,13H2,1-2H3. The predicted molar refractivity (Wildman–Crippen MR) is 66.3 cm³/mol. The fourth-order valence-electron chi connectivity index (χ4n) is 2.46. The summed E-state index contributed by atoms with van der Waals surface area (Å²) in [4.78, 5) is 8.78. The van der Waals surface area contributed by atoms with Crippen LogP contribution in [0.3, 0.4) is 0 Å². The SMILES string of the molecule is CC1CCc2nc(-c3cncn3C)c(N)n2C1. The van der Waals surface area contributed by atoms with E-state index in [4.69, 9.17) is 5.73 Å². The van der Waals surface area contributed by atoms with Crippen molar-refractivity contribution in [1.29, 1.82) is 0 Å². The van der Waals surface area contributed by atoms with Crippen LogP contribution in [-0.2, 0) is 20.0 Å². The number of imidazole rings is 2. The molecule has 2 aromatic rings. The number of hydrogen-bond acceptors (Lipinski definition) is 3. The summed E-state index contributed by atoms with van der Waals surface area (Å²) >= 11 is 0. The average Bonchev–Trinajstić information content (AvgIpc) is 2.84. The zero-order chi connectivity index (χ0) is 12.0. The van der Waals surface area contributed by atoms with Gasteiger partial charge in [-0.2, -0.15) is 0 Å². The van der Waals surface area contributed by atoms with Gasteiger partial charge in [0.05, 0.1) is 18.2 Å². The van der Waals surface area contributed by atoms with Gasteiger partial charge in [0.1, 0.15) is 17.3 Å². The second-order valence-electron chi connectivity index (χ2n) is 4.91. The topological polar surface area (TPSA) is 61.7 Å². The van der Waals surface area contributed by atoms with Crippen LogP contribution in [0.1, 0.15) is 19.2 Å². The van der Waals surface area contributed by atoms with E-state index in [2.05, 4.69) is 21.5 Å². The van der Waals surface area contributed by atoms with E-state index in [1.807, 2.05) is 17.8 Å². The third-order valence-electron chi connectivity index (χ3n) is 3.50. The maximum Gasteiger partial charge on any atom is 0.133 e. The number of nitrogen functional groups attached to an aromatic ring is 1. The van der Waals surface area contributed by atoms with Gasteiger partial charge in [-0.1, -0.05) is 6.92 Å². The molecule has 0 bridgehead atoms. The fourth-order valence-corrected chi connectivity index (χ4v) is 2.46. The number of aromatic nitrogens is 4. The van der Waals surface area contributed by atoms with Crippen LogP contribution in [0.15, 0.2) is 12.5 Å². The highest BCUT2D eigenvalue weighted by Crippen LogP contribution is 2.30. The van der Waals surface area contributed by atoms with Crippen molar-refractivity contribution >= 4 is 5.82 Å². The van der Waals surface area contributed by atoms with Gasteiger partial charge in [-0.05, 0) is 12.3 Å². The molecule has 0 saturated heterocycles. The lowest BCUT2D eigenvalue weighted by atomic mass is 10.0. The molecule has 0 amide bonds. The van der Waals surface area contributed by atoms with Crippen LogP contribution >= 0.6 is 0 Å². The summed E-state index contributed by atoms with van der Waals surface area (Å²) in [6, 6.07) is 0. The Balaban J connectivity index is 2.11. The number of nitrogens with two attached hydrogens (primary N) is 1. The molecule has 1 unspecified atom stereocenters. The van der Waals surface area contributed by atoms with E-state index in [0.717, 1.165) is 36.0 Å². The highest BCUT2D eigenvalue weighted by Gasteiger charge is 2.22. The fraction of sp³-hybridized carbons (Fsp3) is 0.500. The number of fused-ring (bicyclic) bond motifs is 1. The van der Waals surface area contributed by atoms with Gasteiger partial charge >= 0.3 is 0 Å². The van der Waals surface area contributed by atoms with E-state index < -0.39 is 0 Å². The van der Waals surface area contributed by atoms with Crippen LogP contribution in [0.25, 0.3) is 11.4 Å². The monoisotopic (exact) mass is 231 g/mol. The molecule has 5 nitrogen and oxygen atoms in total. The van der Waals surface area contributed by atoms with Crippen molar-refractivity contribution in [2.45, 2.75) is 26.3 Å². The Morgan fingerprint density at radius 2 is 2.29 bits per heavy atom. The van der Waals surface area contributed by atoms with Crippen LogP contribution in [-0.4, -0.2) is 19.1 Å². The Hall–Kier alpha value is -1.78. The smallest absolute Gasteiger partial charge is 0.133 e. The van der Waals surface area contributed by atoms with Crippen LogP contribution in [0.2, 0.25) is 0 Å². The summed E-state index contributed by atoms with van der Waals surface area (Å²) in [7, 11) is 1.96. The third kappa shape index (κ3) is 1.53. The molecule has 0 saturated carbocycles. The average molecular weight is 231 g/mol. The van der Waals surface area contributed by atoms with Crippen LogP contribution in [0.5, 0.6) is 0 Å². The minimum absolute atomic E-state index is 0.679. The van der Waals surface area contributed by atoms with Crippen molar-refractivity contribution in [3.05, 3.63) is 18.3 Å². The van der Waals surface area contributed by atoms with Gasteiger partial charge in [0, 0.05) is 20.0 Å². The van der Waals surface area contributed by atoms with E-state index in [-0.39, 0.29) is 0 Å². The van der Waals surface area contributed by atoms with Crippen molar-refractivity contribution in [3.8, 4) is 11.4 Å². The molecule has 1 atom stereocenters. The number of hydrogen-bond donors (Lipinski definition) is 1. The number of nitrogens with zero attached hydrogens (tertiary/aromatic N) is 4. The zero-order valence-corrected chi connectivity index (χ0v) is 10.2. The van der Waals surface area contributed by atoms with Crippen molar-refractivity contribution in [1.82, 2.24) is 19.1 Å². The summed E-state index contributed by atoms with van der Waals surface area (Å²) in [5.74, 6) is 2.56. The lowest BCUT2D eigenvalue weighted by Crippen LogP contribution is -2.19. The molecule has 0 spiro atoms. The molecule has 0 radical (unpaired) electrons. The first kappa shape index (κ1) is 10.4. The Morgan fingerprint density at radius 1 is 1.47 bits per heavy atom. The molecule has 0 aliphatic carbocycles. The van der Waals surface area contributed by atoms with Crippen molar-refractivity contribution < 1.29 is 0 Å². The van der Waals surface area contributed by atoms with E-state index in [1.165, 1.54) is 6.42 Å². The van der Waals surface area contributed by atoms with Crippen LogP contribution in [0.4, 0.5) is 5.82 Å². The Bertz CT molecular complexity index is 551. The van der Waals surface area contributed by atoms with Gasteiger partial charge in [-0.3, -0.25) is 0 Å². The molecule has 1 aliphatic rings. The van der Waals surface area contributed by atoms with Crippen molar-refractivity contribution in [2.24, 2.45) is 13.0 Å². The van der Waals surface area contributed by atoms with E-state index in [1.54, 1.807) is 6.33 Å². The van der Waals surface area contributed by atoms with Crippen LogP contribution in [0, 0.1) is 5.92 Å². The first-order chi connectivity index (χ1) is 8.16. The van der Waals surface area contributed by atoms with E-state index >= 15 is 0 Å². The molecule has 2 N–H and O–H groups in total. The molecular weight excluding hydrogens is 214 g/mol. The summed E-state index contributed by atoms with van der Waals surface area (Å²) in [5, 5.41) is 0. The van der Waals surface area contributed by atoms with Gasteiger partial charge in [-0.25, -0.2) is 9.97 Å². The number of aryl methyl sites for hydroxylation is 2. The van der Waals surface area contributed by atoms with E-state index in [0.29, 0.717) is 5.92 Å². The Morgan fingerprint density at radius 3 is 3.00 bits per heavy atom. The molecule has 2 aromatic heterocycles. The predicted octanol–water partition coefficient (Wildman–Crippen LogP) is 1.45. The van der Waals surface area contributed by atoms with Gasteiger partial charge < -0.3 is 14.9 Å². The highest BCUT2D eigenvalue weighted by atomic mass is 15.2. The minimum atomic E-state index is 0.679. The molecule has 0 fully saturated rings. The van der Waals surface area contributed by atoms with Crippen molar-refractivity contribution in [2.75, 3.05) is 5.73 Å². The van der Waals surface area contributed by atoms with E-state index in [9.17, 15) is 0 Å². The van der Waals surface area contributed by atoms with Gasteiger partial charge in [-0.15, -0.1) is 0 Å². The first-order valence-electron chi connectivity index (χ1n) is 5.98. The largest absolute Gasteiger partial charge is 0.383 e. The maximum atomic E-state index is 6.21. The highest BCUT2D eigenvalue weighted by molar-refractivity contribution is 5.68. The minimum Gasteiger partial charge on any atom is -0.383 e. The molecule has 5 heteroatoms. The lowest BCUT2D eigenvalue weighted by molar-refractivity contribution is 0.397. The van der Waals surface area contributed by atoms with Gasteiger partial charge in [0.25, 0.3) is 0 Å². The second kappa shape index (κ2) is 3.61. The normalized spacial score (nSPS) is 19.3. The molecular formula is C12H17N5. The van der Waals surface area contributed by atoms with Crippen molar-refractivity contribution in [3.63, 3.8) is 0 Å². The second-order valence-corrected chi connectivity index (χ2v) is 4.91. The third-order valence-corrected chi connectivity index (χ3v) is 3.50. The summed E-state index contributed by atoms with van der Waals surface area (Å²) in [5.41, 5.74) is 8.06. The molecule has 3 rings (SSSR count). The Labute approximate surface area is 100 Å². The summed E-state index contributed by atoms with van der Waals surface area (Å²) in [6.07, 6.45) is 5.80. The molecule has 0 aromatic carbocycles. The zero-order valence-electron chi connectivity index (χ0n) is 10.2. The van der Waals surface area contributed by atoms with Gasteiger partial charge in [0.15, 0.2) is 0 Å². The maximum absolute atomic E-state index is 6.21. The summed E-state index contributed by atoms with van der Waals surface area (Å²) < 4.78 is 4.10. The lowest BCUT2D eigenvalue weighted by Gasteiger charge is -2.20. The Kier molecular flexibility index (Phi) is 2.21. The number of anilines is 1. The quantitative estimate of drug-likeness (QED) is 0.808. The molecule has 3 heterocycles. The van der Waals surface area contributed by atoms with Crippen LogP contribution < -0.4 is 5.73 Å². The summed E-state index contributed by atoms with van der Waals surface area (Å²) in [6.45, 7) is 3.23. The van der Waals surface area contributed by atoms with Gasteiger partial charge in [0.2, 0.25) is 0 Å². The molecule has 17 heavy (non-hydrogen) atoms. The molecule has 1 aliphatic heterocycles. The first-order valence-corrected chi connectivity index (χ1v) is 5.98.